The highest BCUT2D eigenvalue weighted by Gasteiger charge is 2.12. The molecule has 0 aromatic heterocycles. The van der Waals surface area contributed by atoms with Crippen LogP contribution >= 0.6 is 0 Å². The molecule has 0 heterocycles. The van der Waals surface area contributed by atoms with Crippen molar-refractivity contribution in [2.75, 3.05) is 0 Å². The third-order valence-corrected chi connectivity index (χ3v) is 5.08. The highest BCUT2D eigenvalue weighted by molar-refractivity contribution is 5.75. The number of aryl methyl sites for hydroxylation is 1. The lowest BCUT2D eigenvalue weighted by molar-refractivity contribution is 0.669. The van der Waals surface area contributed by atoms with Gasteiger partial charge >= 0.3 is 0 Å². The van der Waals surface area contributed by atoms with Gasteiger partial charge in [-0.2, -0.15) is 0 Å². The Bertz CT molecular complexity index is 771. The predicted octanol–water partition coefficient (Wildman–Crippen LogP) is 7.15. The van der Waals surface area contributed by atoms with Crippen molar-refractivity contribution in [1.82, 2.24) is 5.32 Å². The van der Waals surface area contributed by atoms with Crippen LogP contribution in [0.15, 0.2) is 77.6 Å². The lowest BCUT2D eigenvalue weighted by Crippen LogP contribution is -2.26. The van der Waals surface area contributed by atoms with Crippen LogP contribution in [0.1, 0.15) is 65.0 Å². The molecule has 1 aromatic rings. The summed E-state index contributed by atoms with van der Waals surface area (Å²) >= 11 is 0. The Morgan fingerprint density at radius 2 is 2.04 bits per heavy atom. The maximum absolute atomic E-state index is 3.55. The molecule has 1 N–H and O–H groups in total. The van der Waals surface area contributed by atoms with Gasteiger partial charge in [-0.1, -0.05) is 81.0 Å². The molecule has 0 radical (unpaired) electrons. The van der Waals surface area contributed by atoms with E-state index in [2.05, 4.69) is 101 Å². The Kier molecular flexibility index (Phi) is 8.39. The largest absolute Gasteiger partial charge is 0.382 e. The Hall–Kier alpha value is -2.28. The van der Waals surface area contributed by atoms with Gasteiger partial charge in [0, 0.05) is 11.7 Å². The smallest absolute Gasteiger partial charge is 0.0479 e. The SMILES string of the molecule is C/C=C(/C)NC1C=CC(C(/C=C\CC)=C(/C)c2cccc(CCC)c2)=CC1. The normalized spacial score (nSPS) is 18.5. The van der Waals surface area contributed by atoms with E-state index in [1.807, 2.05) is 0 Å². The minimum Gasteiger partial charge on any atom is -0.382 e. The van der Waals surface area contributed by atoms with E-state index in [0.29, 0.717) is 6.04 Å². The first-order chi connectivity index (χ1) is 13.1. The first kappa shape index (κ1) is 21.0. The maximum Gasteiger partial charge on any atom is 0.0479 e. The van der Waals surface area contributed by atoms with Gasteiger partial charge in [0.15, 0.2) is 0 Å². The van der Waals surface area contributed by atoms with Crippen molar-refractivity contribution in [2.24, 2.45) is 0 Å². The van der Waals surface area contributed by atoms with E-state index in [0.717, 1.165) is 19.3 Å². The molecule has 2 rings (SSSR count). The van der Waals surface area contributed by atoms with Crippen molar-refractivity contribution in [3.05, 3.63) is 88.7 Å². The Morgan fingerprint density at radius 3 is 2.67 bits per heavy atom. The quantitative estimate of drug-likeness (QED) is 0.485. The summed E-state index contributed by atoms with van der Waals surface area (Å²) in [5.41, 5.74) is 8.00. The van der Waals surface area contributed by atoms with E-state index >= 15 is 0 Å². The molecule has 0 saturated carbocycles. The van der Waals surface area contributed by atoms with Crippen molar-refractivity contribution < 1.29 is 0 Å². The average molecular weight is 362 g/mol. The molecule has 1 aliphatic rings. The highest BCUT2D eigenvalue weighted by Crippen LogP contribution is 2.29. The topological polar surface area (TPSA) is 12.0 Å². The summed E-state index contributed by atoms with van der Waals surface area (Å²) < 4.78 is 0. The van der Waals surface area contributed by atoms with Crippen LogP contribution in [0, 0.1) is 0 Å². The Morgan fingerprint density at radius 1 is 1.22 bits per heavy atom. The van der Waals surface area contributed by atoms with E-state index in [-0.39, 0.29) is 0 Å². The van der Waals surface area contributed by atoms with Gasteiger partial charge in [0.2, 0.25) is 0 Å². The monoisotopic (exact) mass is 361 g/mol. The van der Waals surface area contributed by atoms with Gasteiger partial charge in [-0.05, 0) is 67.9 Å². The minimum absolute atomic E-state index is 0.384. The lowest BCUT2D eigenvalue weighted by atomic mass is 9.90. The molecule has 0 spiro atoms. The van der Waals surface area contributed by atoms with Crippen molar-refractivity contribution in [3.63, 3.8) is 0 Å². The summed E-state index contributed by atoms with van der Waals surface area (Å²) in [6.07, 6.45) is 18.0. The van der Waals surface area contributed by atoms with E-state index in [9.17, 15) is 0 Å². The molecule has 1 atom stereocenters. The summed E-state index contributed by atoms with van der Waals surface area (Å²) in [4.78, 5) is 0. The van der Waals surface area contributed by atoms with Gasteiger partial charge in [-0.3, -0.25) is 0 Å². The lowest BCUT2D eigenvalue weighted by Gasteiger charge is -2.21. The molecule has 0 bridgehead atoms. The average Bonchev–Trinajstić information content (AvgIpc) is 2.69. The van der Waals surface area contributed by atoms with Crippen molar-refractivity contribution in [2.45, 2.75) is 66.3 Å². The van der Waals surface area contributed by atoms with Crippen LogP contribution in [0.3, 0.4) is 0 Å². The molecular weight excluding hydrogens is 326 g/mol. The number of nitrogens with one attached hydrogen (secondary N) is 1. The minimum atomic E-state index is 0.384. The van der Waals surface area contributed by atoms with Crippen LogP contribution in [0.4, 0.5) is 0 Å². The fourth-order valence-electron chi connectivity index (χ4n) is 3.38. The van der Waals surface area contributed by atoms with E-state index in [4.69, 9.17) is 0 Å². The molecule has 1 nitrogen and oxygen atoms in total. The molecule has 1 heteroatoms. The Balaban J connectivity index is 2.32. The van der Waals surface area contributed by atoms with Crippen LogP contribution in [-0.4, -0.2) is 6.04 Å². The van der Waals surface area contributed by atoms with E-state index in [1.165, 1.54) is 40.0 Å². The second kappa shape index (κ2) is 10.8. The zero-order valence-electron chi connectivity index (χ0n) is 17.7. The summed E-state index contributed by atoms with van der Waals surface area (Å²) in [5, 5.41) is 3.55. The predicted molar refractivity (Wildman–Crippen MR) is 121 cm³/mol. The number of hydrogen-bond acceptors (Lipinski definition) is 1. The van der Waals surface area contributed by atoms with Crippen LogP contribution in [0.25, 0.3) is 5.57 Å². The van der Waals surface area contributed by atoms with Gasteiger partial charge in [0.25, 0.3) is 0 Å². The van der Waals surface area contributed by atoms with Gasteiger partial charge in [-0.25, -0.2) is 0 Å². The zero-order chi connectivity index (χ0) is 19.6. The second-order valence-corrected chi connectivity index (χ2v) is 7.28. The summed E-state index contributed by atoms with van der Waals surface area (Å²) in [6, 6.07) is 9.40. The number of hydrogen-bond donors (Lipinski definition) is 1. The maximum atomic E-state index is 3.55. The van der Waals surface area contributed by atoms with E-state index in [1.54, 1.807) is 0 Å². The second-order valence-electron chi connectivity index (χ2n) is 7.28. The van der Waals surface area contributed by atoms with Crippen molar-refractivity contribution in [3.8, 4) is 0 Å². The van der Waals surface area contributed by atoms with Crippen LogP contribution < -0.4 is 5.32 Å². The summed E-state index contributed by atoms with van der Waals surface area (Å²) in [7, 11) is 0. The van der Waals surface area contributed by atoms with Crippen LogP contribution in [-0.2, 0) is 6.42 Å². The van der Waals surface area contributed by atoms with Crippen molar-refractivity contribution >= 4 is 5.57 Å². The molecule has 0 fully saturated rings. The molecule has 144 valence electrons. The third-order valence-electron chi connectivity index (χ3n) is 5.08. The third kappa shape index (κ3) is 6.13. The first-order valence-electron chi connectivity index (χ1n) is 10.3. The summed E-state index contributed by atoms with van der Waals surface area (Å²) in [5.74, 6) is 0. The van der Waals surface area contributed by atoms with Gasteiger partial charge in [0.1, 0.15) is 0 Å². The van der Waals surface area contributed by atoms with Crippen LogP contribution in [0.5, 0.6) is 0 Å². The summed E-state index contributed by atoms with van der Waals surface area (Å²) in [6.45, 7) is 10.9. The van der Waals surface area contributed by atoms with Crippen molar-refractivity contribution in [1.29, 1.82) is 0 Å². The molecule has 1 aliphatic carbocycles. The standard InChI is InChI=1S/C26H35N/c1-6-9-14-26(21(5)24-13-10-12-22(19-24)11-7-2)23-15-17-25(18-16-23)27-20(4)8-3/h8-10,12-17,19,25,27H,6-7,11,18H2,1-5H3/b14-9-,20-8-,26-21-. The highest BCUT2D eigenvalue weighted by atomic mass is 14.9. The van der Waals surface area contributed by atoms with Gasteiger partial charge < -0.3 is 5.32 Å². The number of benzene rings is 1. The molecular formula is C26H35N. The molecule has 0 amide bonds. The number of rotatable bonds is 8. The van der Waals surface area contributed by atoms with E-state index < -0.39 is 0 Å². The zero-order valence-corrected chi connectivity index (χ0v) is 17.7. The molecule has 0 saturated heterocycles. The fourth-order valence-corrected chi connectivity index (χ4v) is 3.38. The fraction of sp³-hybridized carbons (Fsp3) is 0.385. The van der Waals surface area contributed by atoms with Crippen LogP contribution in [0.2, 0.25) is 0 Å². The molecule has 0 aliphatic heterocycles. The first-order valence-corrected chi connectivity index (χ1v) is 10.3. The molecule has 1 unspecified atom stereocenters. The molecule has 1 aromatic carbocycles. The van der Waals surface area contributed by atoms with Gasteiger partial charge in [0.05, 0.1) is 0 Å². The Labute approximate surface area is 166 Å². The molecule has 27 heavy (non-hydrogen) atoms. The van der Waals surface area contributed by atoms with Gasteiger partial charge in [-0.15, -0.1) is 0 Å². The number of allylic oxidation sites excluding steroid dienone is 8.